The van der Waals surface area contributed by atoms with E-state index in [9.17, 15) is 14.0 Å². The summed E-state index contributed by atoms with van der Waals surface area (Å²) in [7, 11) is 2.83. The molecule has 2 heterocycles. The van der Waals surface area contributed by atoms with Gasteiger partial charge in [-0.25, -0.2) is 9.18 Å². The zero-order valence-electron chi connectivity index (χ0n) is 18.5. The predicted octanol–water partition coefficient (Wildman–Crippen LogP) is 3.98. The minimum atomic E-state index is -1.21. The molecule has 32 heavy (non-hydrogen) atoms. The number of ether oxygens (including phenoxy) is 3. The van der Waals surface area contributed by atoms with Crippen LogP contribution in [-0.2, 0) is 4.74 Å². The second-order valence-electron chi connectivity index (χ2n) is 8.26. The molecule has 2 aliphatic heterocycles. The topological polar surface area (TPSA) is 68.3 Å². The Hall–Kier alpha value is -3.29. The van der Waals surface area contributed by atoms with E-state index in [1.54, 1.807) is 36.1 Å². The smallest absolute Gasteiger partial charge is 0.341 e. The Balaban J connectivity index is 1.59. The molecule has 8 heteroatoms. The average Bonchev–Trinajstić information content (AvgIpc) is 2.82. The van der Waals surface area contributed by atoms with E-state index < -0.39 is 11.6 Å². The molecular weight excluding hydrogens is 415 g/mol. The molecule has 0 bridgehead atoms. The zero-order valence-corrected chi connectivity index (χ0v) is 18.5. The number of anilines is 2. The van der Waals surface area contributed by atoms with E-state index in [4.69, 9.17) is 14.2 Å². The third kappa shape index (κ3) is 4.22. The van der Waals surface area contributed by atoms with Gasteiger partial charge in [-0.15, -0.1) is 0 Å². The highest BCUT2D eigenvalue weighted by molar-refractivity contribution is 5.96. The maximum atomic E-state index is 14.1. The lowest BCUT2D eigenvalue weighted by molar-refractivity contribution is 0.0502. The van der Waals surface area contributed by atoms with Gasteiger partial charge in [-0.3, -0.25) is 4.79 Å². The van der Waals surface area contributed by atoms with Crippen LogP contribution >= 0.6 is 0 Å². The number of methoxy groups -OCH3 is 2. The molecule has 0 atom stereocenters. The number of halogens is 1. The Morgan fingerprint density at radius 1 is 1.06 bits per heavy atom. The molecule has 0 N–H and O–H groups in total. The quantitative estimate of drug-likeness (QED) is 0.668. The molecule has 1 saturated heterocycles. The Morgan fingerprint density at radius 2 is 1.81 bits per heavy atom. The van der Waals surface area contributed by atoms with E-state index in [1.807, 2.05) is 17.0 Å². The molecule has 7 nitrogen and oxygen atoms in total. The van der Waals surface area contributed by atoms with Gasteiger partial charge in [0.2, 0.25) is 0 Å². The van der Waals surface area contributed by atoms with Crippen molar-refractivity contribution in [1.29, 1.82) is 0 Å². The third-order valence-corrected chi connectivity index (χ3v) is 6.07. The van der Waals surface area contributed by atoms with Crippen LogP contribution in [0.15, 0.2) is 36.4 Å². The van der Waals surface area contributed by atoms with Crippen LogP contribution in [0, 0.1) is 0 Å². The number of amides is 1. The zero-order chi connectivity index (χ0) is 22.9. The molecular formula is C24H27FN2O5. The van der Waals surface area contributed by atoms with Crippen LogP contribution in [-0.4, -0.2) is 62.9 Å². The third-order valence-electron chi connectivity index (χ3n) is 6.07. The van der Waals surface area contributed by atoms with E-state index in [0.717, 1.165) is 11.4 Å². The number of fused-ring (bicyclic) bond motifs is 1. The van der Waals surface area contributed by atoms with Crippen LogP contribution in [0.2, 0.25) is 0 Å². The van der Waals surface area contributed by atoms with Gasteiger partial charge in [0.1, 0.15) is 29.3 Å². The Morgan fingerprint density at radius 3 is 2.50 bits per heavy atom. The molecule has 0 saturated carbocycles. The highest BCUT2D eigenvalue weighted by atomic mass is 19.1. The summed E-state index contributed by atoms with van der Waals surface area (Å²) < 4.78 is 30.1. The van der Waals surface area contributed by atoms with Crippen LogP contribution in [0.1, 0.15) is 40.5 Å². The summed E-state index contributed by atoms with van der Waals surface area (Å²) >= 11 is 0. The van der Waals surface area contributed by atoms with Crippen molar-refractivity contribution in [2.24, 2.45) is 0 Å². The fraction of sp³-hybridized carbons (Fsp3) is 0.417. The summed E-state index contributed by atoms with van der Waals surface area (Å²) in [4.78, 5) is 28.6. The fourth-order valence-electron chi connectivity index (χ4n) is 4.11. The van der Waals surface area contributed by atoms with Gasteiger partial charge in [-0.1, -0.05) is 0 Å². The largest absolute Gasteiger partial charge is 0.496 e. The molecule has 2 aliphatic rings. The van der Waals surface area contributed by atoms with Crippen molar-refractivity contribution in [2.45, 2.75) is 25.4 Å². The van der Waals surface area contributed by atoms with Crippen molar-refractivity contribution < 1.29 is 28.2 Å². The molecule has 1 amide bonds. The van der Waals surface area contributed by atoms with Crippen LogP contribution in [0.3, 0.4) is 0 Å². The summed E-state index contributed by atoms with van der Waals surface area (Å²) in [5.41, 5.74) is 1.30. The van der Waals surface area contributed by atoms with Gasteiger partial charge in [0.25, 0.3) is 5.91 Å². The number of rotatable bonds is 4. The standard InChI is InChI=1S/C24H27FN2O5/c1-24(25)8-10-26(11-9-24)22(28)16-4-7-19-21(14-16)32-13-12-27(19)17-5-6-18(23(29)31-3)20(15-17)30-2/h4-7,14-15H,8-13H2,1-3H3. The van der Waals surface area contributed by atoms with E-state index in [-0.39, 0.29) is 5.91 Å². The second-order valence-corrected chi connectivity index (χ2v) is 8.26. The van der Waals surface area contributed by atoms with Gasteiger partial charge in [-0.05, 0) is 50.1 Å². The van der Waals surface area contributed by atoms with E-state index in [1.165, 1.54) is 14.2 Å². The van der Waals surface area contributed by atoms with Crippen molar-refractivity contribution in [2.75, 3.05) is 45.4 Å². The van der Waals surface area contributed by atoms with Gasteiger partial charge < -0.3 is 24.0 Å². The maximum absolute atomic E-state index is 14.1. The van der Waals surface area contributed by atoms with Gasteiger partial charge >= 0.3 is 5.97 Å². The number of likely N-dealkylation sites (tertiary alicyclic amines) is 1. The molecule has 0 radical (unpaired) electrons. The van der Waals surface area contributed by atoms with Gasteiger partial charge in [0, 0.05) is 30.4 Å². The number of alkyl halides is 1. The molecule has 2 aromatic rings. The minimum Gasteiger partial charge on any atom is -0.496 e. The number of nitrogens with zero attached hydrogens (tertiary/aromatic N) is 2. The van der Waals surface area contributed by atoms with Gasteiger partial charge in [0.15, 0.2) is 0 Å². The first-order chi connectivity index (χ1) is 15.3. The van der Waals surface area contributed by atoms with E-state index in [0.29, 0.717) is 61.7 Å². The highest BCUT2D eigenvalue weighted by Gasteiger charge is 2.32. The van der Waals surface area contributed by atoms with Crippen molar-refractivity contribution in [3.05, 3.63) is 47.5 Å². The Bertz CT molecular complexity index is 1030. The Labute approximate surface area is 186 Å². The second kappa shape index (κ2) is 8.68. The number of carbonyl (C=O) groups is 2. The first kappa shape index (κ1) is 21.9. The lowest BCUT2D eigenvalue weighted by Crippen LogP contribution is -2.43. The van der Waals surface area contributed by atoms with Gasteiger partial charge in [0.05, 0.1) is 26.5 Å². The monoisotopic (exact) mass is 442 g/mol. The lowest BCUT2D eigenvalue weighted by Gasteiger charge is -2.35. The van der Waals surface area contributed by atoms with Crippen LogP contribution in [0.4, 0.5) is 15.8 Å². The average molecular weight is 442 g/mol. The fourth-order valence-corrected chi connectivity index (χ4v) is 4.11. The number of hydrogen-bond donors (Lipinski definition) is 0. The minimum absolute atomic E-state index is 0.117. The number of piperidine rings is 1. The molecule has 0 unspecified atom stereocenters. The van der Waals surface area contributed by atoms with Crippen LogP contribution in [0.5, 0.6) is 11.5 Å². The molecule has 4 rings (SSSR count). The van der Waals surface area contributed by atoms with E-state index in [2.05, 4.69) is 0 Å². The van der Waals surface area contributed by atoms with Crippen molar-refractivity contribution in [3.63, 3.8) is 0 Å². The predicted molar refractivity (Wildman–Crippen MR) is 118 cm³/mol. The molecule has 0 aromatic heterocycles. The summed E-state index contributed by atoms with van der Waals surface area (Å²) in [6.07, 6.45) is 0.689. The van der Waals surface area contributed by atoms with Gasteiger partial charge in [-0.2, -0.15) is 0 Å². The lowest BCUT2D eigenvalue weighted by atomic mass is 9.95. The summed E-state index contributed by atoms with van der Waals surface area (Å²) in [6, 6.07) is 10.6. The maximum Gasteiger partial charge on any atom is 0.341 e. The summed E-state index contributed by atoms with van der Waals surface area (Å²) in [5, 5.41) is 0. The first-order valence-corrected chi connectivity index (χ1v) is 10.6. The number of hydrogen-bond acceptors (Lipinski definition) is 6. The normalized spacial score (nSPS) is 17.2. The number of benzene rings is 2. The molecule has 1 fully saturated rings. The van der Waals surface area contributed by atoms with Crippen LogP contribution < -0.4 is 14.4 Å². The molecule has 0 aliphatic carbocycles. The first-order valence-electron chi connectivity index (χ1n) is 10.6. The van der Waals surface area contributed by atoms with Crippen molar-refractivity contribution >= 4 is 23.3 Å². The highest BCUT2D eigenvalue weighted by Crippen LogP contribution is 2.39. The Kier molecular flexibility index (Phi) is 5.95. The molecule has 2 aromatic carbocycles. The number of carbonyl (C=O) groups excluding carboxylic acids is 2. The number of esters is 1. The van der Waals surface area contributed by atoms with Crippen LogP contribution in [0.25, 0.3) is 0 Å². The van der Waals surface area contributed by atoms with E-state index >= 15 is 0 Å². The van der Waals surface area contributed by atoms with Crippen molar-refractivity contribution in [3.8, 4) is 11.5 Å². The summed E-state index contributed by atoms with van der Waals surface area (Å²) in [5.74, 6) is 0.433. The van der Waals surface area contributed by atoms with Crippen molar-refractivity contribution in [1.82, 2.24) is 4.90 Å². The molecule has 170 valence electrons. The molecule has 0 spiro atoms. The SMILES string of the molecule is COC(=O)c1ccc(N2CCOc3cc(C(=O)N4CCC(C)(F)CC4)ccc32)cc1OC. The summed E-state index contributed by atoms with van der Waals surface area (Å²) in [6.45, 7) is 3.44.